The van der Waals surface area contributed by atoms with Gasteiger partial charge in [0.15, 0.2) is 5.96 Å². The van der Waals surface area contributed by atoms with E-state index < -0.39 is 0 Å². The minimum atomic E-state index is -0.0554. The second kappa shape index (κ2) is 11.7. The number of rotatable bonds is 6. The Balaban J connectivity index is 0.00000338. The summed E-state index contributed by atoms with van der Waals surface area (Å²) in [5, 5.41) is 4.49. The van der Waals surface area contributed by atoms with Crippen molar-refractivity contribution in [3.05, 3.63) is 15.6 Å². The molecule has 0 saturated carbocycles. The van der Waals surface area contributed by atoms with Crippen molar-refractivity contribution >= 4 is 47.2 Å². The molecule has 2 rings (SSSR count). The van der Waals surface area contributed by atoms with E-state index in [4.69, 9.17) is 9.73 Å². The van der Waals surface area contributed by atoms with Crippen LogP contribution < -0.4 is 5.32 Å². The molecule has 0 radical (unpaired) electrons. The summed E-state index contributed by atoms with van der Waals surface area (Å²) in [7, 11) is 0. The number of carbonyl (C=O) groups is 1. The fraction of sp³-hybridized carbons (Fsp3) is 0.722. The summed E-state index contributed by atoms with van der Waals surface area (Å²) in [5.41, 5.74) is 1.12. The monoisotopic (exact) mass is 494 g/mol. The highest BCUT2D eigenvalue weighted by molar-refractivity contribution is 14.0. The van der Waals surface area contributed by atoms with Crippen LogP contribution in [0.5, 0.6) is 0 Å². The van der Waals surface area contributed by atoms with Crippen molar-refractivity contribution in [3.63, 3.8) is 0 Å². The first-order chi connectivity index (χ1) is 12.0. The minimum absolute atomic E-state index is 0. The molecule has 1 aliphatic rings. The molecule has 0 spiro atoms. The lowest BCUT2D eigenvalue weighted by atomic mass is 9.97. The Morgan fingerprint density at radius 1 is 1.35 bits per heavy atom. The molecule has 1 N–H and O–H groups in total. The predicted molar refractivity (Wildman–Crippen MR) is 118 cm³/mol. The van der Waals surface area contributed by atoms with Crippen LogP contribution in [-0.2, 0) is 16.0 Å². The first kappa shape index (κ1) is 23.1. The minimum Gasteiger partial charge on any atom is -0.466 e. The molecule has 6 nitrogen and oxygen atoms in total. The van der Waals surface area contributed by atoms with E-state index in [1.54, 1.807) is 11.3 Å². The van der Waals surface area contributed by atoms with Gasteiger partial charge in [-0.1, -0.05) is 0 Å². The van der Waals surface area contributed by atoms with E-state index in [1.165, 1.54) is 4.88 Å². The number of guanidine groups is 1. The molecule has 0 unspecified atom stereocenters. The molecular formula is C18H31IN4O2S. The number of aryl methyl sites for hydroxylation is 2. The third kappa shape index (κ3) is 6.68. The Hall–Kier alpha value is -0.900. The molecule has 1 aromatic heterocycles. The molecule has 1 saturated heterocycles. The lowest BCUT2D eigenvalue weighted by Gasteiger charge is -2.33. The van der Waals surface area contributed by atoms with Crippen LogP contribution in [0.25, 0.3) is 0 Å². The van der Waals surface area contributed by atoms with Crippen molar-refractivity contribution in [1.82, 2.24) is 15.2 Å². The third-order valence-electron chi connectivity index (χ3n) is 4.35. The van der Waals surface area contributed by atoms with Crippen LogP contribution >= 0.6 is 35.3 Å². The third-order valence-corrected chi connectivity index (χ3v) is 5.48. The second-order valence-electron chi connectivity index (χ2n) is 6.24. The maximum Gasteiger partial charge on any atom is 0.309 e. The van der Waals surface area contributed by atoms with Crippen LogP contribution in [0.2, 0.25) is 0 Å². The number of halogens is 1. The normalized spacial score (nSPS) is 15.5. The summed E-state index contributed by atoms with van der Waals surface area (Å²) in [5.74, 6) is 0.922. The summed E-state index contributed by atoms with van der Waals surface area (Å²) in [6.07, 6.45) is 2.58. The Bertz CT molecular complexity index is 598. The van der Waals surface area contributed by atoms with Gasteiger partial charge in [-0.2, -0.15) is 0 Å². The fourth-order valence-electron chi connectivity index (χ4n) is 3.08. The molecule has 0 amide bonds. The molecule has 1 fully saturated rings. The Morgan fingerprint density at radius 3 is 2.58 bits per heavy atom. The first-order valence-electron chi connectivity index (χ1n) is 9.17. The van der Waals surface area contributed by atoms with Crippen molar-refractivity contribution in [2.24, 2.45) is 10.9 Å². The van der Waals surface area contributed by atoms with E-state index in [2.05, 4.69) is 29.0 Å². The average molecular weight is 494 g/mol. The summed E-state index contributed by atoms with van der Waals surface area (Å²) >= 11 is 1.76. The quantitative estimate of drug-likeness (QED) is 0.285. The van der Waals surface area contributed by atoms with Gasteiger partial charge in [-0.25, -0.2) is 4.98 Å². The van der Waals surface area contributed by atoms with E-state index >= 15 is 0 Å². The second-order valence-corrected chi connectivity index (χ2v) is 7.53. The predicted octanol–water partition coefficient (Wildman–Crippen LogP) is 3.16. The number of thiazole rings is 1. The number of aliphatic imine (C=N–C) groups is 1. The smallest absolute Gasteiger partial charge is 0.309 e. The average Bonchev–Trinajstić information content (AvgIpc) is 2.92. The van der Waals surface area contributed by atoms with Gasteiger partial charge in [-0.15, -0.1) is 35.3 Å². The largest absolute Gasteiger partial charge is 0.466 e. The zero-order chi connectivity index (χ0) is 18.2. The van der Waals surface area contributed by atoms with Crippen LogP contribution in [0.4, 0.5) is 0 Å². The lowest BCUT2D eigenvalue weighted by molar-refractivity contribution is -0.149. The van der Waals surface area contributed by atoms with Crippen molar-refractivity contribution in [1.29, 1.82) is 0 Å². The van der Waals surface area contributed by atoms with Crippen molar-refractivity contribution in [2.75, 3.05) is 32.8 Å². The number of aromatic nitrogens is 1. The van der Waals surface area contributed by atoms with E-state index in [9.17, 15) is 4.79 Å². The Kier molecular flexibility index (Phi) is 10.4. The fourth-order valence-corrected chi connectivity index (χ4v) is 4.01. The number of nitrogens with one attached hydrogen (secondary N) is 1. The van der Waals surface area contributed by atoms with Crippen LogP contribution in [0.3, 0.4) is 0 Å². The zero-order valence-corrected chi connectivity index (χ0v) is 19.4. The number of hydrogen-bond donors (Lipinski definition) is 1. The highest BCUT2D eigenvalue weighted by Gasteiger charge is 2.27. The van der Waals surface area contributed by atoms with Crippen LogP contribution in [0, 0.1) is 19.8 Å². The van der Waals surface area contributed by atoms with Crippen molar-refractivity contribution in [3.8, 4) is 0 Å². The van der Waals surface area contributed by atoms with Gasteiger partial charge in [0, 0.05) is 37.5 Å². The lowest BCUT2D eigenvalue weighted by Crippen LogP contribution is -2.46. The summed E-state index contributed by atoms with van der Waals surface area (Å²) in [6.45, 7) is 11.8. The molecule has 0 aliphatic carbocycles. The van der Waals surface area contributed by atoms with E-state index in [1.807, 2.05) is 13.8 Å². The molecular weight excluding hydrogens is 463 g/mol. The number of piperidine rings is 1. The number of hydrogen-bond acceptors (Lipinski definition) is 5. The maximum absolute atomic E-state index is 11.9. The standard InChI is InChI=1S/C18H30N4O2S.HI/c1-5-19-18(20-10-7-16-13(3)21-14(4)25-16)22-11-8-15(9-12-22)17(23)24-6-2;/h15H,5-12H2,1-4H3,(H,19,20);1H. The first-order valence-corrected chi connectivity index (χ1v) is 9.99. The van der Waals surface area contributed by atoms with Gasteiger partial charge >= 0.3 is 5.97 Å². The Labute approximate surface area is 177 Å². The van der Waals surface area contributed by atoms with Gasteiger partial charge in [0.25, 0.3) is 0 Å². The molecule has 1 aromatic rings. The summed E-state index contributed by atoms with van der Waals surface area (Å²) in [4.78, 5) is 24.7. The van der Waals surface area contributed by atoms with Crippen LogP contribution in [-0.4, -0.2) is 54.6 Å². The van der Waals surface area contributed by atoms with Crippen LogP contribution in [0.1, 0.15) is 42.3 Å². The van der Waals surface area contributed by atoms with E-state index in [0.29, 0.717) is 6.61 Å². The number of ether oxygens (including phenoxy) is 1. The molecule has 2 heterocycles. The molecule has 0 aromatic carbocycles. The SMILES string of the molecule is CCNC(=NCCc1sc(C)nc1C)N1CCC(C(=O)OCC)CC1.I. The number of esters is 1. The van der Waals surface area contributed by atoms with Gasteiger partial charge in [-0.3, -0.25) is 9.79 Å². The summed E-state index contributed by atoms with van der Waals surface area (Å²) in [6, 6.07) is 0. The van der Waals surface area contributed by atoms with Crippen molar-refractivity contribution in [2.45, 2.75) is 47.0 Å². The number of nitrogens with zero attached hydrogens (tertiary/aromatic N) is 3. The molecule has 1 aliphatic heterocycles. The molecule has 8 heteroatoms. The molecule has 148 valence electrons. The zero-order valence-electron chi connectivity index (χ0n) is 16.2. The molecule has 0 atom stereocenters. The van der Waals surface area contributed by atoms with E-state index in [-0.39, 0.29) is 35.9 Å². The van der Waals surface area contributed by atoms with Crippen molar-refractivity contribution < 1.29 is 9.53 Å². The van der Waals surface area contributed by atoms with Gasteiger partial charge in [0.2, 0.25) is 0 Å². The summed E-state index contributed by atoms with van der Waals surface area (Å²) < 4.78 is 5.14. The molecule has 0 bridgehead atoms. The Morgan fingerprint density at radius 2 is 2.04 bits per heavy atom. The van der Waals surface area contributed by atoms with E-state index in [0.717, 1.165) is 62.1 Å². The highest BCUT2D eigenvalue weighted by Crippen LogP contribution is 2.20. The van der Waals surface area contributed by atoms with Gasteiger partial charge in [0.05, 0.1) is 23.2 Å². The topological polar surface area (TPSA) is 66.8 Å². The van der Waals surface area contributed by atoms with Gasteiger partial charge in [-0.05, 0) is 40.5 Å². The maximum atomic E-state index is 11.9. The number of carbonyl (C=O) groups excluding carboxylic acids is 1. The van der Waals surface area contributed by atoms with Crippen LogP contribution in [0.15, 0.2) is 4.99 Å². The molecule has 26 heavy (non-hydrogen) atoms. The van der Waals surface area contributed by atoms with Gasteiger partial charge in [0.1, 0.15) is 0 Å². The highest BCUT2D eigenvalue weighted by atomic mass is 127. The number of likely N-dealkylation sites (tertiary alicyclic amines) is 1. The van der Waals surface area contributed by atoms with Gasteiger partial charge < -0.3 is 15.0 Å².